The van der Waals surface area contributed by atoms with Crippen LogP contribution in [0.5, 0.6) is 5.75 Å². The van der Waals surface area contributed by atoms with Crippen molar-refractivity contribution in [3.8, 4) is 5.75 Å². The van der Waals surface area contributed by atoms with Crippen molar-refractivity contribution in [2.24, 2.45) is 0 Å². The number of carbonyl (C=O) groups is 1. The fourth-order valence-corrected chi connectivity index (χ4v) is 3.90. The molecule has 28 heavy (non-hydrogen) atoms. The topological polar surface area (TPSA) is 58.6 Å². The summed E-state index contributed by atoms with van der Waals surface area (Å²) in [6.07, 6.45) is -0.145. The third-order valence-corrected chi connectivity index (χ3v) is 5.38. The van der Waals surface area contributed by atoms with E-state index in [-0.39, 0.29) is 0 Å². The summed E-state index contributed by atoms with van der Waals surface area (Å²) >= 11 is 6.15. The number of nitrogens with one attached hydrogen (secondary N) is 1. The molecule has 2 atom stereocenters. The quantitative estimate of drug-likeness (QED) is 0.601. The van der Waals surface area contributed by atoms with Crippen molar-refractivity contribution in [2.45, 2.75) is 18.4 Å². The molecule has 2 unspecified atom stereocenters. The number of benzene rings is 3. The van der Waals surface area contributed by atoms with Gasteiger partial charge in [-0.05, 0) is 41.8 Å². The number of hydrogen-bond donors (Lipinski definition) is 2. The first-order valence-corrected chi connectivity index (χ1v) is 9.58. The molecule has 0 radical (unpaired) electrons. The second kappa shape index (κ2) is 7.95. The van der Waals surface area contributed by atoms with Crippen LogP contribution in [0.4, 0.5) is 5.69 Å². The van der Waals surface area contributed by atoms with E-state index in [2.05, 4.69) is 23.5 Å². The predicted molar refractivity (Wildman–Crippen MR) is 110 cm³/mol. The highest BCUT2D eigenvalue weighted by Gasteiger charge is 2.25. The Bertz CT molecular complexity index is 987. The van der Waals surface area contributed by atoms with Gasteiger partial charge in [0.1, 0.15) is 5.75 Å². The van der Waals surface area contributed by atoms with E-state index in [1.165, 1.54) is 16.8 Å². The molecule has 0 aromatic heterocycles. The van der Waals surface area contributed by atoms with Gasteiger partial charge in [0.05, 0.1) is 0 Å². The van der Waals surface area contributed by atoms with Crippen molar-refractivity contribution < 1.29 is 14.6 Å². The first kappa shape index (κ1) is 18.4. The zero-order chi connectivity index (χ0) is 19.5. The largest absolute Gasteiger partial charge is 0.478 e. The maximum absolute atomic E-state index is 11.7. The molecule has 142 valence electrons. The van der Waals surface area contributed by atoms with Crippen LogP contribution in [0.25, 0.3) is 0 Å². The lowest BCUT2D eigenvalue weighted by Gasteiger charge is -2.27. The Hall–Kier alpha value is -2.98. The number of para-hydroxylation sites is 1. The minimum absolute atomic E-state index is 0.310. The number of carboxylic acids is 1. The van der Waals surface area contributed by atoms with Crippen LogP contribution in [-0.2, 0) is 4.79 Å². The molecule has 1 aliphatic heterocycles. The molecule has 3 aromatic rings. The Morgan fingerprint density at radius 1 is 1.04 bits per heavy atom. The van der Waals surface area contributed by atoms with Crippen molar-refractivity contribution in [1.82, 2.24) is 0 Å². The van der Waals surface area contributed by atoms with Crippen LogP contribution in [0.1, 0.15) is 35.1 Å². The van der Waals surface area contributed by atoms with Crippen molar-refractivity contribution in [3.05, 3.63) is 94.5 Å². The molecule has 0 amide bonds. The van der Waals surface area contributed by atoms with E-state index >= 15 is 0 Å². The second-order valence-corrected chi connectivity index (χ2v) is 7.19. The number of rotatable bonds is 5. The van der Waals surface area contributed by atoms with E-state index < -0.39 is 12.1 Å². The van der Waals surface area contributed by atoms with Crippen LogP contribution in [0.15, 0.2) is 72.8 Å². The van der Waals surface area contributed by atoms with Gasteiger partial charge in [-0.15, -0.1) is 0 Å². The fourth-order valence-electron chi connectivity index (χ4n) is 3.66. The van der Waals surface area contributed by atoms with Crippen LogP contribution in [0, 0.1) is 0 Å². The summed E-state index contributed by atoms with van der Waals surface area (Å²) < 4.78 is 5.76. The molecule has 0 aliphatic carbocycles. The second-order valence-electron chi connectivity index (χ2n) is 6.78. The number of aliphatic carboxylic acids is 1. The lowest BCUT2D eigenvalue weighted by Crippen LogP contribution is -2.19. The fraction of sp³-hybridized carbons (Fsp3) is 0.174. The SMILES string of the molecule is O=C(O)C(Oc1ccc(C2CCNc3ccccc32)cc1)c1ccccc1Cl. The maximum Gasteiger partial charge on any atom is 0.349 e. The third-order valence-electron chi connectivity index (χ3n) is 5.03. The number of anilines is 1. The van der Waals surface area contributed by atoms with Crippen LogP contribution in [-0.4, -0.2) is 17.6 Å². The zero-order valence-corrected chi connectivity index (χ0v) is 15.9. The number of carboxylic acid groups (broad SMARTS) is 1. The van der Waals surface area contributed by atoms with Gasteiger partial charge in [0.25, 0.3) is 0 Å². The Balaban J connectivity index is 1.57. The molecule has 0 spiro atoms. The zero-order valence-electron chi connectivity index (χ0n) is 15.1. The highest BCUT2D eigenvalue weighted by Crippen LogP contribution is 2.37. The Labute approximate surface area is 168 Å². The normalized spacial score (nSPS) is 16.5. The summed E-state index contributed by atoms with van der Waals surface area (Å²) in [5.74, 6) is -0.270. The molecule has 0 bridgehead atoms. The summed E-state index contributed by atoms with van der Waals surface area (Å²) in [5, 5.41) is 13.4. The van der Waals surface area contributed by atoms with Crippen LogP contribution in [0.3, 0.4) is 0 Å². The minimum atomic E-state index is -1.15. The molecule has 0 saturated carbocycles. The van der Waals surface area contributed by atoms with Gasteiger partial charge in [0.15, 0.2) is 0 Å². The average molecular weight is 394 g/mol. The molecule has 0 saturated heterocycles. The molecule has 5 heteroatoms. The van der Waals surface area contributed by atoms with E-state index in [0.717, 1.165) is 13.0 Å². The lowest BCUT2D eigenvalue weighted by molar-refractivity contribution is -0.145. The van der Waals surface area contributed by atoms with Crippen LogP contribution < -0.4 is 10.1 Å². The Morgan fingerprint density at radius 3 is 2.50 bits per heavy atom. The standard InChI is InChI=1S/C23H20ClNO3/c24-20-7-3-1-6-19(20)22(23(26)27)28-16-11-9-15(10-12-16)17-13-14-25-21-8-4-2-5-18(17)21/h1-12,17,22,25H,13-14H2,(H,26,27). The third kappa shape index (κ3) is 3.69. The molecule has 1 aliphatic rings. The molecule has 2 N–H and O–H groups in total. The lowest BCUT2D eigenvalue weighted by atomic mass is 9.85. The van der Waals surface area contributed by atoms with E-state index in [0.29, 0.717) is 22.3 Å². The molecule has 4 nitrogen and oxygen atoms in total. The Morgan fingerprint density at radius 2 is 1.75 bits per heavy atom. The molecule has 1 heterocycles. The van der Waals surface area contributed by atoms with E-state index in [1.807, 2.05) is 30.3 Å². The smallest absolute Gasteiger partial charge is 0.349 e. The predicted octanol–water partition coefficient (Wildman–Crippen LogP) is 5.49. The van der Waals surface area contributed by atoms with Gasteiger partial charge in [-0.25, -0.2) is 4.79 Å². The molecule has 4 rings (SSSR count). The van der Waals surface area contributed by atoms with Gasteiger partial charge in [-0.3, -0.25) is 0 Å². The van der Waals surface area contributed by atoms with Crippen LogP contribution in [0.2, 0.25) is 5.02 Å². The van der Waals surface area contributed by atoms with Gasteiger partial charge in [-0.2, -0.15) is 0 Å². The number of hydrogen-bond acceptors (Lipinski definition) is 3. The number of halogens is 1. The summed E-state index contributed by atoms with van der Waals surface area (Å²) in [4.78, 5) is 11.7. The van der Waals surface area contributed by atoms with E-state index in [9.17, 15) is 9.90 Å². The van der Waals surface area contributed by atoms with Crippen molar-refractivity contribution in [1.29, 1.82) is 0 Å². The molecular weight excluding hydrogens is 374 g/mol. The summed E-state index contributed by atoms with van der Waals surface area (Å²) in [6, 6.07) is 22.8. The van der Waals surface area contributed by atoms with Gasteiger partial charge in [-0.1, -0.05) is 60.1 Å². The molecule has 3 aromatic carbocycles. The van der Waals surface area contributed by atoms with E-state index in [4.69, 9.17) is 16.3 Å². The van der Waals surface area contributed by atoms with Gasteiger partial charge in [0, 0.05) is 28.7 Å². The maximum atomic E-state index is 11.7. The minimum Gasteiger partial charge on any atom is -0.478 e. The van der Waals surface area contributed by atoms with Crippen LogP contribution >= 0.6 is 11.6 Å². The van der Waals surface area contributed by atoms with Gasteiger partial charge >= 0.3 is 5.97 Å². The first-order valence-electron chi connectivity index (χ1n) is 9.20. The highest BCUT2D eigenvalue weighted by atomic mass is 35.5. The van der Waals surface area contributed by atoms with Crippen molar-refractivity contribution in [2.75, 3.05) is 11.9 Å². The first-order chi connectivity index (χ1) is 13.6. The highest BCUT2D eigenvalue weighted by molar-refractivity contribution is 6.31. The van der Waals surface area contributed by atoms with Gasteiger partial charge < -0.3 is 15.2 Å². The Kier molecular flexibility index (Phi) is 5.22. The van der Waals surface area contributed by atoms with E-state index in [1.54, 1.807) is 24.3 Å². The summed E-state index contributed by atoms with van der Waals surface area (Å²) in [6.45, 7) is 0.924. The van der Waals surface area contributed by atoms with Crippen molar-refractivity contribution >= 4 is 23.3 Å². The number of ether oxygens (including phenoxy) is 1. The molecular formula is C23H20ClNO3. The molecule has 0 fully saturated rings. The number of fused-ring (bicyclic) bond motifs is 1. The van der Waals surface area contributed by atoms with Crippen molar-refractivity contribution in [3.63, 3.8) is 0 Å². The summed E-state index contributed by atoms with van der Waals surface area (Å²) in [5.41, 5.74) is 4.07. The summed E-state index contributed by atoms with van der Waals surface area (Å²) in [7, 11) is 0. The van der Waals surface area contributed by atoms with Gasteiger partial charge in [0.2, 0.25) is 6.10 Å². The monoisotopic (exact) mass is 393 g/mol. The average Bonchev–Trinajstić information content (AvgIpc) is 2.72.